The summed E-state index contributed by atoms with van der Waals surface area (Å²) in [6, 6.07) is 18.0. The highest BCUT2D eigenvalue weighted by molar-refractivity contribution is 7.80. The number of carbonyl (C=O) groups excluding carboxylic acids is 1. The van der Waals surface area contributed by atoms with Gasteiger partial charge >= 0.3 is 0 Å². The number of benzene rings is 2. The van der Waals surface area contributed by atoms with E-state index in [0.29, 0.717) is 11.6 Å². The van der Waals surface area contributed by atoms with E-state index in [0.717, 1.165) is 69.7 Å². The molecular formula is C28H30N6OS2. The summed E-state index contributed by atoms with van der Waals surface area (Å²) < 4.78 is 0. The lowest BCUT2D eigenvalue weighted by atomic mass is 9.98. The van der Waals surface area contributed by atoms with Gasteiger partial charge in [0.2, 0.25) is 0 Å². The highest BCUT2D eigenvalue weighted by Gasteiger charge is 2.25. The van der Waals surface area contributed by atoms with Gasteiger partial charge in [-0.1, -0.05) is 6.07 Å². The van der Waals surface area contributed by atoms with Crippen molar-refractivity contribution in [2.24, 2.45) is 0 Å². The Morgan fingerprint density at radius 2 is 1.73 bits per heavy atom. The van der Waals surface area contributed by atoms with Crippen molar-refractivity contribution in [3.05, 3.63) is 76.4 Å². The minimum Gasteiger partial charge on any atom is -0.378 e. The molecule has 1 amide bonds. The molecule has 1 fully saturated rings. The summed E-state index contributed by atoms with van der Waals surface area (Å²) >= 11 is 7.23. The number of pyridine rings is 1. The van der Waals surface area contributed by atoms with Gasteiger partial charge in [-0.25, -0.2) is 4.98 Å². The number of rotatable bonds is 5. The first-order valence-corrected chi connectivity index (χ1v) is 13.6. The molecule has 0 radical (unpaired) electrons. The van der Waals surface area contributed by atoms with E-state index in [9.17, 15) is 4.79 Å². The quantitative estimate of drug-likeness (QED) is 0.312. The van der Waals surface area contributed by atoms with Gasteiger partial charge in [-0.15, -0.1) is 11.3 Å². The van der Waals surface area contributed by atoms with Crippen LogP contribution >= 0.6 is 23.6 Å². The Morgan fingerprint density at radius 1 is 1.00 bits per heavy atom. The number of amides is 1. The van der Waals surface area contributed by atoms with Crippen molar-refractivity contribution in [3.8, 4) is 0 Å². The van der Waals surface area contributed by atoms with E-state index < -0.39 is 0 Å². The number of hydrogen-bond donors (Lipinski definition) is 2. The van der Waals surface area contributed by atoms with Gasteiger partial charge in [0.25, 0.3) is 5.91 Å². The maximum atomic E-state index is 12.9. The molecule has 2 aromatic heterocycles. The van der Waals surface area contributed by atoms with E-state index in [2.05, 4.69) is 42.5 Å². The Labute approximate surface area is 226 Å². The van der Waals surface area contributed by atoms with Crippen LogP contribution in [0.4, 0.5) is 17.1 Å². The number of anilines is 3. The number of aryl methyl sites for hydroxylation is 1. The minimum absolute atomic E-state index is 0.190. The molecule has 1 aliphatic rings. The van der Waals surface area contributed by atoms with Gasteiger partial charge in [-0.05, 0) is 80.5 Å². The van der Waals surface area contributed by atoms with E-state index in [1.807, 2.05) is 68.9 Å². The molecule has 1 aliphatic heterocycles. The minimum atomic E-state index is -0.190. The molecule has 0 spiro atoms. The molecule has 0 atom stereocenters. The average Bonchev–Trinajstić information content (AvgIpc) is 3.40. The predicted octanol–water partition coefficient (Wildman–Crippen LogP) is 5.89. The summed E-state index contributed by atoms with van der Waals surface area (Å²) in [7, 11) is 4.05. The van der Waals surface area contributed by atoms with Crippen LogP contribution in [0, 0.1) is 6.92 Å². The van der Waals surface area contributed by atoms with Crippen molar-refractivity contribution in [2.75, 3.05) is 42.7 Å². The van der Waals surface area contributed by atoms with Gasteiger partial charge in [0.15, 0.2) is 5.11 Å². The van der Waals surface area contributed by atoms with E-state index in [4.69, 9.17) is 12.2 Å². The van der Waals surface area contributed by atoms with E-state index in [1.165, 1.54) is 0 Å². The summed E-state index contributed by atoms with van der Waals surface area (Å²) in [5.74, 6) is 0.143. The molecule has 190 valence electrons. The Hall–Kier alpha value is -3.56. The zero-order chi connectivity index (χ0) is 25.9. The fourth-order valence-electron chi connectivity index (χ4n) is 4.45. The van der Waals surface area contributed by atoms with Crippen LogP contribution in [0.25, 0.3) is 10.9 Å². The van der Waals surface area contributed by atoms with Crippen molar-refractivity contribution in [1.29, 1.82) is 0 Å². The summed E-state index contributed by atoms with van der Waals surface area (Å²) in [6.45, 7) is 3.69. The number of hydrogen-bond acceptors (Lipinski definition) is 6. The zero-order valence-electron chi connectivity index (χ0n) is 21.2. The zero-order valence-corrected chi connectivity index (χ0v) is 22.8. The van der Waals surface area contributed by atoms with E-state index in [1.54, 1.807) is 11.3 Å². The molecule has 9 heteroatoms. The fraction of sp³-hybridized carbons (Fsp3) is 0.286. The molecule has 1 saturated heterocycles. The number of fused-ring (bicyclic) bond motifs is 1. The first-order chi connectivity index (χ1) is 17.9. The first-order valence-electron chi connectivity index (χ1n) is 12.3. The number of thiazole rings is 1. The number of likely N-dealkylation sites (tertiary alicyclic amines) is 1. The Morgan fingerprint density at radius 3 is 2.46 bits per heavy atom. The average molecular weight is 531 g/mol. The Kier molecular flexibility index (Phi) is 7.34. The van der Waals surface area contributed by atoms with Crippen molar-refractivity contribution in [1.82, 2.24) is 14.9 Å². The first kappa shape index (κ1) is 25.1. The second kappa shape index (κ2) is 10.8. The highest BCUT2D eigenvalue weighted by Crippen LogP contribution is 2.31. The van der Waals surface area contributed by atoms with E-state index in [-0.39, 0.29) is 5.91 Å². The molecule has 0 aliphatic carbocycles. The summed E-state index contributed by atoms with van der Waals surface area (Å²) in [6.07, 6.45) is 1.90. The molecule has 4 aromatic rings. The lowest BCUT2D eigenvalue weighted by Gasteiger charge is -2.33. The maximum absolute atomic E-state index is 12.9. The second-order valence-electron chi connectivity index (χ2n) is 9.52. The van der Waals surface area contributed by atoms with Gasteiger partial charge in [0.05, 0.1) is 10.5 Å². The second-order valence-corrected chi connectivity index (χ2v) is 10.8. The molecule has 5 rings (SSSR count). The predicted molar refractivity (Wildman–Crippen MR) is 157 cm³/mol. The number of carbonyl (C=O) groups is 1. The van der Waals surface area contributed by atoms with Gasteiger partial charge in [-0.2, -0.15) is 0 Å². The molecule has 0 saturated carbocycles. The van der Waals surface area contributed by atoms with Gasteiger partial charge in [-0.3, -0.25) is 9.78 Å². The SMILES string of the molecule is Cc1ccc2cc(NC(=O)c3csc(C4CCN(C(=S)Nc5ccc(N(C)C)cc5)CC4)n3)ccc2n1. The third kappa shape index (κ3) is 5.89. The third-order valence-corrected chi connectivity index (χ3v) is 7.97. The molecule has 2 N–H and O–H groups in total. The lowest BCUT2D eigenvalue weighted by Crippen LogP contribution is -2.40. The monoisotopic (exact) mass is 530 g/mol. The van der Waals surface area contributed by atoms with Crippen LogP contribution in [-0.4, -0.2) is 53.1 Å². The molecule has 3 heterocycles. The standard InChI is InChI=1S/C28H30N6OS2/c1-18-4-5-20-16-22(8-11-24(20)29-18)30-26(35)25-17-37-27(32-25)19-12-14-34(15-13-19)28(36)31-21-6-9-23(10-7-21)33(2)3/h4-11,16-17,19H,12-15H2,1-3H3,(H,30,35)(H,31,36). The smallest absolute Gasteiger partial charge is 0.275 e. The summed E-state index contributed by atoms with van der Waals surface area (Å²) in [4.78, 5) is 26.3. The van der Waals surface area contributed by atoms with Crippen molar-refractivity contribution in [3.63, 3.8) is 0 Å². The maximum Gasteiger partial charge on any atom is 0.275 e. The van der Waals surface area contributed by atoms with Crippen LogP contribution in [-0.2, 0) is 0 Å². The third-order valence-electron chi connectivity index (χ3n) is 6.61. The van der Waals surface area contributed by atoms with Crippen molar-refractivity contribution in [2.45, 2.75) is 25.7 Å². The number of aromatic nitrogens is 2. The Bertz CT molecular complexity index is 1420. The normalized spacial score (nSPS) is 14.0. The number of thiocarbonyl (C=S) groups is 1. The Balaban J connectivity index is 1.15. The summed E-state index contributed by atoms with van der Waals surface area (Å²) in [5.41, 5.74) is 5.23. The number of piperidine rings is 1. The fourth-order valence-corrected chi connectivity index (χ4v) is 5.73. The molecule has 0 bridgehead atoms. The molecule has 0 unspecified atom stereocenters. The van der Waals surface area contributed by atoms with Crippen LogP contribution in [0.5, 0.6) is 0 Å². The molecule has 7 nitrogen and oxygen atoms in total. The number of nitrogens with zero attached hydrogens (tertiary/aromatic N) is 4. The van der Waals surface area contributed by atoms with Crippen LogP contribution in [0.3, 0.4) is 0 Å². The highest BCUT2D eigenvalue weighted by atomic mass is 32.1. The van der Waals surface area contributed by atoms with Crippen molar-refractivity contribution < 1.29 is 4.79 Å². The van der Waals surface area contributed by atoms with Gasteiger partial charge in [0, 0.05) is 66.6 Å². The topological polar surface area (TPSA) is 73.4 Å². The van der Waals surface area contributed by atoms with Crippen LogP contribution in [0.2, 0.25) is 0 Å². The lowest BCUT2D eigenvalue weighted by molar-refractivity contribution is 0.102. The number of nitrogens with one attached hydrogen (secondary N) is 2. The summed E-state index contributed by atoms with van der Waals surface area (Å²) in [5, 5.41) is 10.9. The van der Waals surface area contributed by atoms with Gasteiger partial charge < -0.3 is 20.4 Å². The van der Waals surface area contributed by atoms with E-state index >= 15 is 0 Å². The van der Waals surface area contributed by atoms with Gasteiger partial charge in [0.1, 0.15) is 5.69 Å². The molecule has 37 heavy (non-hydrogen) atoms. The van der Waals surface area contributed by atoms with Crippen LogP contribution < -0.4 is 15.5 Å². The largest absolute Gasteiger partial charge is 0.378 e. The van der Waals surface area contributed by atoms with Crippen LogP contribution in [0.1, 0.15) is 39.9 Å². The molecular weight excluding hydrogens is 500 g/mol. The molecule has 2 aromatic carbocycles. The van der Waals surface area contributed by atoms with Crippen molar-refractivity contribution >= 4 is 62.5 Å². The van der Waals surface area contributed by atoms with Crippen LogP contribution in [0.15, 0.2) is 60.0 Å².